The van der Waals surface area contributed by atoms with Gasteiger partial charge >= 0.3 is 11.3 Å². The zero-order chi connectivity index (χ0) is 19.7. The van der Waals surface area contributed by atoms with Gasteiger partial charge in [0.2, 0.25) is 5.69 Å². The summed E-state index contributed by atoms with van der Waals surface area (Å²) in [5, 5.41) is 3.85. The van der Waals surface area contributed by atoms with E-state index in [-0.39, 0.29) is 5.63 Å². The van der Waals surface area contributed by atoms with Crippen molar-refractivity contribution in [3.63, 3.8) is 0 Å². The Morgan fingerprint density at radius 1 is 1.07 bits per heavy atom. The van der Waals surface area contributed by atoms with Crippen LogP contribution in [0.4, 0.5) is 5.69 Å². The fourth-order valence-corrected chi connectivity index (χ4v) is 3.84. The van der Waals surface area contributed by atoms with Crippen LogP contribution >= 0.6 is 23.2 Å². The van der Waals surface area contributed by atoms with Crippen LogP contribution in [0.15, 0.2) is 51.8 Å². The number of H-pyrrole nitrogens is 1. The van der Waals surface area contributed by atoms with E-state index < -0.39 is 0 Å². The van der Waals surface area contributed by atoms with E-state index in [1.54, 1.807) is 10.7 Å². The second-order valence-electron chi connectivity index (χ2n) is 6.93. The SMILES string of the molecule is Cc1ccc(-[n+]2[nH]oc(=O)c2CN2CCN(c3cccc(Cl)c3Cl)CC2)cc1. The minimum atomic E-state index is -0.346. The van der Waals surface area contributed by atoms with Gasteiger partial charge in [0.05, 0.1) is 22.3 Å². The van der Waals surface area contributed by atoms with Crippen molar-refractivity contribution in [2.24, 2.45) is 0 Å². The summed E-state index contributed by atoms with van der Waals surface area (Å²) in [5.41, 5.74) is 3.21. The molecule has 28 heavy (non-hydrogen) atoms. The van der Waals surface area contributed by atoms with Gasteiger partial charge < -0.3 is 4.90 Å². The number of hydrogen-bond donors (Lipinski definition) is 1. The summed E-state index contributed by atoms with van der Waals surface area (Å²) in [6, 6.07) is 13.6. The molecule has 146 valence electrons. The molecule has 1 N–H and O–H groups in total. The molecule has 1 aromatic heterocycles. The smallest absolute Gasteiger partial charge is 0.368 e. The van der Waals surface area contributed by atoms with Gasteiger partial charge in [-0.3, -0.25) is 9.42 Å². The van der Waals surface area contributed by atoms with Crippen LogP contribution in [0.3, 0.4) is 0 Å². The number of anilines is 1. The summed E-state index contributed by atoms with van der Waals surface area (Å²) in [7, 11) is 0. The highest BCUT2D eigenvalue weighted by Gasteiger charge is 2.28. The second kappa shape index (κ2) is 7.99. The highest BCUT2D eigenvalue weighted by atomic mass is 35.5. The molecule has 0 amide bonds. The molecule has 1 saturated heterocycles. The predicted molar refractivity (Wildman–Crippen MR) is 110 cm³/mol. The van der Waals surface area contributed by atoms with Crippen LogP contribution in [0.25, 0.3) is 5.69 Å². The van der Waals surface area contributed by atoms with Crippen molar-refractivity contribution >= 4 is 28.9 Å². The van der Waals surface area contributed by atoms with Gasteiger partial charge in [0.15, 0.2) is 0 Å². The third kappa shape index (κ3) is 3.81. The molecule has 4 rings (SSSR count). The van der Waals surface area contributed by atoms with E-state index in [0.29, 0.717) is 22.3 Å². The van der Waals surface area contributed by atoms with Gasteiger partial charge in [0.25, 0.3) is 0 Å². The molecule has 0 aliphatic carbocycles. The molecule has 6 nitrogen and oxygen atoms in total. The Labute approximate surface area is 172 Å². The van der Waals surface area contributed by atoms with Crippen molar-refractivity contribution in [1.82, 2.24) is 10.2 Å². The lowest BCUT2D eigenvalue weighted by atomic mass is 10.2. The Balaban J connectivity index is 1.47. The van der Waals surface area contributed by atoms with Gasteiger partial charge in [-0.1, -0.05) is 47.0 Å². The summed E-state index contributed by atoms with van der Waals surface area (Å²) < 4.78 is 6.76. The molecule has 8 heteroatoms. The van der Waals surface area contributed by atoms with Crippen LogP contribution in [-0.2, 0) is 6.54 Å². The average Bonchev–Trinajstić information content (AvgIpc) is 3.06. The van der Waals surface area contributed by atoms with Crippen LogP contribution in [0.5, 0.6) is 0 Å². The van der Waals surface area contributed by atoms with Crippen LogP contribution < -0.4 is 15.2 Å². The van der Waals surface area contributed by atoms with E-state index in [2.05, 4.69) is 15.1 Å². The molecule has 2 aromatic carbocycles. The highest BCUT2D eigenvalue weighted by molar-refractivity contribution is 6.43. The molecule has 1 aliphatic heterocycles. The Morgan fingerprint density at radius 3 is 2.50 bits per heavy atom. The molecule has 0 bridgehead atoms. The molecule has 0 radical (unpaired) electrons. The topological polar surface area (TPSA) is 56.4 Å². The Kier molecular flexibility index (Phi) is 5.44. The second-order valence-corrected chi connectivity index (χ2v) is 7.72. The number of nitrogens with one attached hydrogen (secondary N) is 1. The van der Waals surface area contributed by atoms with Gasteiger partial charge in [0.1, 0.15) is 0 Å². The van der Waals surface area contributed by atoms with E-state index in [9.17, 15) is 4.79 Å². The van der Waals surface area contributed by atoms with Gasteiger partial charge in [-0.15, -0.1) is 0 Å². The lowest BCUT2D eigenvalue weighted by molar-refractivity contribution is -0.678. The van der Waals surface area contributed by atoms with E-state index in [1.165, 1.54) is 0 Å². The maximum absolute atomic E-state index is 12.2. The molecule has 2 heterocycles. The van der Waals surface area contributed by atoms with Crippen molar-refractivity contribution in [2.75, 3.05) is 31.1 Å². The number of aromatic nitrogens is 2. The number of hydrogen-bond acceptors (Lipinski definition) is 4. The first-order valence-corrected chi connectivity index (χ1v) is 9.89. The third-order valence-electron chi connectivity index (χ3n) is 5.04. The minimum absolute atomic E-state index is 0.346. The van der Waals surface area contributed by atoms with Gasteiger partial charge in [0, 0.05) is 38.3 Å². The van der Waals surface area contributed by atoms with Crippen LogP contribution in [-0.4, -0.2) is 36.4 Å². The summed E-state index contributed by atoms with van der Waals surface area (Å²) in [5.74, 6) is 0. The van der Waals surface area contributed by atoms with Crippen molar-refractivity contribution in [3.8, 4) is 5.69 Å². The first-order valence-electron chi connectivity index (χ1n) is 9.13. The highest BCUT2D eigenvalue weighted by Crippen LogP contribution is 2.32. The van der Waals surface area contributed by atoms with Gasteiger partial charge in [-0.05, 0) is 29.0 Å². The number of halogens is 2. The number of nitrogens with zero attached hydrogens (tertiary/aromatic N) is 3. The molecule has 3 aromatic rings. The first kappa shape index (κ1) is 19.1. The molecule has 1 aliphatic rings. The standard InChI is InChI=1S/C20H20Cl2N4O2/c1-14-5-7-15(8-6-14)26-18(20(27)28-23-26)13-24-9-11-25(12-10-24)17-4-2-3-16(21)19(17)22/h2-8H,9-13H2,1H3/p+1. The Morgan fingerprint density at radius 2 is 1.79 bits per heavy atom. The van der Waals surface area contributed by atoms with Crippen molar-refractivity contribution < 1.29 is 9.20 Å². The lowest BCUT2D eigenvalue weighted by Crippen LogP contribution is -2.49. The van der Waals surface area contributed by atoms with Crippen LogP contribution in [0.2, 0.25) is 10.0 Å². The molecular formula is C20H21Cl2N4O2+. The first-order chi connectivity index (χ1) is 13.5. The summed E-state index contributed by atoms with van der Waals surface area (Å²) in [6.45, 7) is 5.76. The number of aromatic amines is 1. The van der Waals surface area contributed by atoms with E-state index in [0.717, 1.165) is 43.1 Å². The summed E-state index contributed by atoms with van der Waals surface area (Å²) in [4.78, 5) is 16.7. The van der Waals surface area contributed by atoms with E-state index in [4.69, 9.17) is 27.7 Å². The predicted octanol–water partition coefficient (Wildman–Crippen LogP) is 3.18. The lowest BCUT2D eigenvalue weighted by Gasteiger charge is -2.35. The number of piperazine rings is 1. The van der Waals surface area contributed by atoms with Crippen molar-refractivity contribution in [1.29, 1.82) is 0 Å². The van der Waals surface area contributed by atoms with E-state index in [1.807, 2.05) is 43.3 Å². The van der Waals surface area contributed by atoms with E-state index >= 15 is 0 Å². The maximum atomic E-state index is 12.2. The Hall–Kier alpha value is -2.28. The molecule has 1 fully saturated rings. The summed E-state index contributed by atoms with van der Waals surface area (Å²) >= 11 is 12.5. The molecule has 0 spiro atoms. The molecule has 0 saturated carbocycles. The normalized spacial score (nSPS) is 15.2. The number of benzene rings is 2. The zero-order valence-electron chi connectivity index (χ0n) is 15.5. The van der Waals surface area contributed by atoms with Gasteiger partial charge in [-0.2, -0.15) is 0 Å². The molecular weight excluding hydrogens is 399 g/mol. The van der Waals surface area contributed by atoms with Crippen LogP contribution in [0.1, 0.15) is 11.3 Å². The number of rotatable bonds is 4. The summed E-state index contributed by atoms with van der Waals surface area (Å²) in [6.07, 6.45) is 0. The quantitative estimate of drug-likeness (QED) is 0.659. The molecule has 0 atom stereocenters. The average molecular weight is 420 g/mol. The zero-order valence-corrected chi connectivity index (χ0v) is 17.0. The third-order valence-corrected chi connectivity index (χ3v) is 5.85. The Bertz CT molecular complexity index is 1020. The monoisotopic (exact) mass is 419 g/mol. The van der Waals surface area contributed by atoms with Gasteiger partial charge in [-0.25, -0.2) is 4.79 Å². The maximum Gasteiger partial charge on any atom is 0.431 e. The van der Waals surface area contributed by atoms with Crippen molar-refractivity contribution in [2.45, 2.75) is 13.5 Å². The fraction of sp³-hybridized carbons (Fsp3) is 0.300. The minimum Gasteiger partial charge on any atom is -0.368 e. The van der Waals surface area contributed by atoms with Crippen LogP contribution in [0, 0.1) is 6.92 Å². The fourth-order valence-electron chi connectivity index (χ4n) is 3.43. The largest absolute Gasteiger partial charge is 0.431 e. The number of aryl methyl sites for hydroxylation is 1. The van der Waals surface area contributed by atoms with Crippen molar-refractivity contribution in [3.05, 3.63) is 74.2 Å². The molecule has 0 unspecified atom stereocenters.